The normalized spacial score (nSPS) is 9.61. The summed E-state index contributed by atoms with van der Waals surface area (Å²) in [6, 6.07) is 5.44. The van der Waals surface area contributed by atoms with Gasteiger partial charge >= 0.3 is 5.97 Å². The molecule has 1 aromatic carbocycles. The molecule has 0 saturated heterocycles. The second-order valence-electron chi connectivity index (χ2n) is 3.78. The van der Waals surface area contributed by atoms with Gasteiger partial charge in [-0.25, -0.2) is 0 Å². The molecule has 1 aromatic rings. The van der Waals surface area contributed by atoms with Crippen LogP contribution in [0.15, 0.2) is 12.1 Å². The third-order valence-corrected chi connectivity index (χ3v) is 2.60. The summed E-state index contributed by atoms with van der Waals surface area (Å²) in [6.45, 7) is 3.97. The molecule has 0 aliphatic carbocycles. The number of aryl methyl sites for hydroxylation is 1. The molecule has 4 nitrogen and oxygen atoms in total. The largest absolute Gasteiger partial charge is 0.466 e. The first kappa shape index (κ1) is 13.9. The Labute approximate surface area is 106 Å². The lowest BCUT2D eigenvalue weighted by atomic mass is 9.96. The third-order valence-electron chi connectivity index (χ3n) is 2.60. The summed E-state index contributed by atoms with van der Waals surface area (Å²) in [4.78, 5) is 22.4. The van der Waals surface area contributed by atoms with Crippen LogP contribution in [0.3, 0.4) is 0 Å². The molecule has 0 fully saturated rings. The third kappa shape index (κ3) is 3.17. The zero-order valence-electron chi connectivity index (χ0n) is 10.5. The molecule has 0 heterocycles. The lowest BCUT2D eigenvalue weighted by Crippen LogP contribution is -2.10. The molecule has 1 rings (SSSR count). The van der Waals surface area contributed by atoms with Gasteiger partial charge in [0, 0.05) is 5.56 Å². The van der Waals surface area contributed by atoms with Crippen LogP contribution in [0.1, 0.15) is 40.9 Å². The van der Waals surface area contributed by atoms with Crippen LogP contribution in [0.4, 0.5) is 0 Å². The van der Waals surface area contributed by atoms with Gasteiger partial charge in [0.2, 0.25) is 0 Å². The molecule has 18 heavy (non-hydrogen) atoms. The van der Waals surface area contributed by atoms with Gasteiger partial charge < -0.3 is 4.74 Å². The minimum absolute atomic E-state index is 0.0193. The minimum atomic E-state index is -0.390. The fourth-order valence-electron chi connectivity index (χ4n) is 1.74. The van der Waals surface area contributed by atoms with E-state index < -0.39 is 0 Å². The number of esters is 1. The van der Waals surface area contributed by atoms with Crippen molar-refractivity contribution in [3.8, 4) is 6.07 Å². The van der Waals surface area contributed by atoms with E-state index in [1.54, 1.807) is 19.1 Å². The first-order valence-electron chi connectivity index (χ1n) is 5.82. The zero-order valence-corrected chi connectivity index (χ0v) is 10.5. The number of aldehydes is 1. The average Bonchev–Trinajstić information content (AvgIpc) is 2.37. The fraction of sp³-hybridized carbons (Fsp3) is 0.357. The molecule has 0 aliphatic heterocycles. The molecule has 0 atom stereocenters. The van der Waals surface area contributed by atoms with Gasteiger partial charge in [0.05, 0.1) is 18.6 Å². The second kappa shape index (κ2) is 6.55. The number of hydrogen-bond donors (Lipinski definition) is 0. The van der Waals surface area contributed by atoms with Gasteiger partial charge in [-0.3, -0.25) is 9.59 Å². The van der Waals surface area contributed by atoms with E-state index in [1.807, 2.05) is 13.0 Å². The molecule has 0 amide bonds. The van der Waals surface area contributed by atoms with Gasteiger partial charge in [-0.05, 0) is 30.5 Å². The quantitative estimate of drug-likeness (QED) is 0.588. The molecule has 0 N–H and O–H groups in total. The molecule has 4 heteroatoms. The van der Waals surface area contributed by atoms with Crippen molar-refractivity contribution in [1.29, 1.82) is 5.26 Å². The van der Waals surface area contributed by atoms with E-state index in [9.17, 15) is 9.59 Å². The number of carbonyl (C=O) groups is 2. The van der Waals surface area contributed by atoms with E-state index in [4.69, 9.17) is 10.00 Å². The molecule has 0 spiro atoms. The van der Waals surface area contributed by atoms with Crippen LogP contribution in [0.5, 0.6) is 0 Å². The van der Waals surface area contributed by atoms with E-state index in [0.29, 0.717) is 24.0 Å². The van der Waals surface area contributed by atoms with Gasteiger partial charge in [-0.15, -0.1) is 0 Å². The number of nitriles is 1. The number of rotatable bonds is 5. The van der Waals surface area contributed by atoms with E-state index in [1.165, 1.54) is 0 Å². The number of nitrogens with zero attached hydrogens (tertiary/aromatic N) is 1. The number of benzene rings is 1. The Bertz CT molecular complexity index is 500. The topological polar surface area (TPSA) is 67.2 Å². The monoisotopic (exact) mass is 245 g/mol. The predicted molar refractivity (Wildman–Crippen MR) is 66.3 cm³/mol. The van der Waals surface area contributed by atoms with Crippen molar-refractivity contribution in [1.82, 2.24) is 0 Å². The molecular formula is C14H15NO3. The van der Waals surface area contributed by atoms with E-state index in [2.05, 4.69) is 0 Å². The van der Waals surface area contributed by atoms with Crippen molar-refractivity contribution >= 4 is 12.3 Å². The number of ether oxygens (including phenoxy) is 1. The number of hydrogen-bond acceptors (Lipinski definition) is 4. The fourth-order valence-corrected chi connectivity index (χ4v) is 1.74. The molecule has 0 unspecified atom stereocenters. The maximum atomic E-state index is 11.5. The Kier molecular flexibility index (Phi) is 5.06. The van der Waals surface area contributed by atoms with Crippen LogP contribution in [0, 0.1) is 11.3 Å². The first-order chi connectivity index (χ1) is 8.65. The molecule has 94 valence electrons. The Balaban J connectivity index is 3.19. The lowest BCUT2D eigenvalue weighted by Gasteiger charge is -2.08. The lowest BCUT2D eigenvalue weighted by molar-refractivity contribution is -0.142. The molecule has 0 bridgehead atoms. The number of carbonyl (C=O) groups excluding carboxylic acids is 2. The van der Waals surface area contributed by atoms with Crippen LogP contribution in [-0.2, 0) is 22.4 Å². The minimum Gasteiger partial charge on any atom is -0.466 e. The molecule has 0 aromatic heterocycles. The van der Waals surface area contributed by atoms with E-state index in [-0.39, 0.29) is 18.0 Å². The Morgan fingerprint density at radius 1 is 1.44 bits per heavy atom. The summed E-state index contributed by atoms with van der Waals surface area (Å²) < 4.78 is 4.86. The van der Waals surface area contributed by atoms with Crippen molar-refractivity contribution in [2.75, 3.05) is 6.61 Å². The summed E-state index contributed by atoms with van der Waals surface area (Å²) in [5, 5.41) is 9.08. The highest BCUT2D eigenvalue weighted by molar-refractivity contribution is 5.82. The molecule has 0 aliphatic rings. The van der Waals surface area contributed by atoms with Crippen LogP contribution in [0.25, 0.3) is 0 Å². The maximum Gasteiger partial charge on any atom is 0.310 e. The highest BCUT2D eigenvalue weighted by Gasteiger charge is 2.13. The van der Waals surface area contributed by atoms with Crippen LogP contribution in [-0.4, -0.2) is 18.9 Å². The van der Waals surface area contributed by atoms with Crippen molar-refractivity contribution in [3.63, 3.8) is 0 Å². The van der Waals surface area contributed by atoms with Gasteiger partial charge in [-0.2, -0.15) is 5.26 Å². The Hall–Kier alpha value is -2.15. The molecule has 0 radical (unpaired) electrons. The highest BCUT2D eigenvalue weighted by Crippen LogP contribution is 2.17. The summed E-state index contributed by atoms with van der Waals surface area (Å²) >= 11 is 0. The Morgan fingerprint density at radius 2 is 2.17 bits per heavy atom. The summed E-state index contributed by atoms with van der Waals surface area (Å²) in [6.07, 6.45) is 1.40. The van der Waals surface area contributed by atoms with Crippen LogP contribution < -0.4 is 0 Å². The van der Waals surface area contributed by atoms with E-state index >= 15 is 0 Å². The second-order valence-corrected chi connectivity index (χ2v) is 3.78. The summed E-state index contributed by atoms with van der Waals surface area (Å²) in [7, 11) is 0. The van der Waals surface area contributed by atoms with Gasteiger partial charge in [0.1, 0.15) is 6.07 Å². The van der Waals surface area contributed by atoms with Crippen LogP contribution >= 0.6 is 0 Å². The molecular weight excluding hydrogens is 230 g/mol. The van der Waals surface area contributed by atoms with Crippen molar-refractivity contribution in [2.45, 2.75) is 26.7 Å². The smallest absolute Gasteiger partial charge is 0.310 e. The molecule has 0 saturated carbocycles. The van der Waals surface area contributed by atoms with Crippen molar-refractivity contribution in [2.24, 2.45) is 0 Å². The predicted octanol–water partition coefficient (Wildman–Crippen LogP) is 2.04. The van der Waals surface area contributed by atoms with Gasteiger partial charge in [0.15, 0.2) is 6.29 Å². The maximum absolute atomic E-state index is 11.5. The zero-order chi connectivity index (χ0) is 13.5. The van der Waals surface area contributed by atoms with E-state index in [0.717, 1.165) is 12.0 Å². The van der Waals surface area contributed by atoms with Crippen molar-refractivity contribution in [3.05, 3.63) is 34.4 Å². The van der Waals surface area contributed by atoms with Crippen LogP contribution in [0.2, 0.25) is 0 Å². The summed E-state index contributed by atoms with van der Waals surface area (Å²) in [5.74, 6) is -0.390. The Morgan fingerprint density at radius 3 is 2.67 bits per heavy atom. The standard InChI is InChI=1S/C14H15NO3/c1-3-10-5-11(7-14(17)18-4-2)13(8-15)12(6-10)9-16/h5-6,9H,3-4,7H2,1-2H3. The van der Waals surface area contributed by atoms with Crippen molar-refractivity contribution < 1.29 is 14.3 Å². The van der Waals surface area contributed by atoms with Gasteiger partial charge in [0.25, 0.3) is 0 Å². The highest BCUT2D eigenvalue weighted by atomic mass is 16.5. The SMILES string of the molecule is CCOC(=O)Cc1cc(CC)cc(C=O)c1C#N. The average molecular weight is 245 g/mol. The first-order valence-corrected chi connectivity index (χ1v) is 5.82. The summed E-state index contributed by atoms with van der Waals surface area (Å²) in [5.41, 5.74) is 2.07. The van der Waals surface area contributed by atoms with Gasteiger partial charge in [-0.1, -0.05) is 13.0 Å².